The maximum absolute atomic E-state index is 11.4. The van der Waals surface area contributed by atoms with Gasteiger partial charge in [0.05, 0.1) is 12.8 Å². The molecule has 2 aromatic carbocycles. The molecule has 0 saturated carbocycles. The van der Waals surface area contributed by atoms with Gasteiger partial charge < -0.3 is 20.7 Å². The first-order chi connectivity index (χ1) is 13.5. The number of rotatable bonds is 8. The average molecular weight is 510 g/mol. The topological polar surface area (TPSA) is 74.8 Å². The van der Waals surface area contributed by atoms with Crippen molar-refractivity contribution in [2.24, 2.45) is 4.99 Å². The molecule has 0 radical (unpaired) electrons. The average Bonchev–Trinajstić information content (AvgIpc) is 2.70. The lowest BCUT2D eigenvalue weighted by atomic mass is 10.1. The largest absolute Gasteiger partial charge is 0.495 e. The third kappa shape index (κ3) is 8.72. The molecule has 0 bridgehead atoms. The smallest absolute Gasteiger partial charge is 0.221 e. The molecule has 1 unspecified atom stereocenters. The van der Waals surface area contributed by atoms with Crippen molar-refractivity contribution >= 4 is 41.5 Å². The number of anilines is 1. The Balaban J connectivity index is 0.00000420. The summed E-state index contributed by atoms with van der Waals surface area (Å²) in [6, 6.07) is 16.5. The summed E-state index contributed by atoms with van der Waals surface area (Å²) in [6.45, 7) is 4.21. The van der Waals surface area contributed by atoms with E-state index in [0.717, 1.165) is 24.4 Å². The fourth-order valence-electron chi connectivity index (χ4n) is 2.87. The van der Waals surface area contributed by atoms with E-state index in [1.807, 2.05) is 24.3 Å². The molecule has 0 aliphatic heterocycles. The van der Waals surface area contributed by atoms with Crippen molar-refractivity contribution in [1.82, 2.24) is 10.6 Å². The number of aryl methyl sites for hydroxylation is 1. The van der Waals surface area contributed by atoms with Crippen molar-refractivity contribution < 1.29 is 9.53 Å². The SMILES string of the molecule is CN=C(NCc1ccc(OC)c(NC(C)=O)c1)NC(C)CCc1ccccc1.I. The third-order valence-corrected chi connectivity index (χ3v) is 4.35. The van der Waals surface area contributed by atoms with E-state index < -0.39 is 0 Å². The zero-order chi connectivity index (χ0) is 20.4. The minimum absolute atomic E-state index is 0. The van der Waals surface area contributed by atoms with E-state index in [0.29, 0.717) is 18.0 Å². The van der Waals surface area contributed by atoms with E-state index in [4.69, 9.17) is 4.74 Å². The highest BCUT2D eigenvalue weighted by Crippen LogP contribution is 2.25. The first-order valence-corrected chi connectivity index (χ1v) is 9.47. The van der Waals surface area contributed by atoms with Gasteiger partial charge >= 0.3 is 0 Å². The molecule has 7 heteroatoms. The van der Waals surface area contributed by atoms with Crippen molar-refractivity contribution in [2.75, 3.05) is 19.5 Å². The summed E-state index contributed by atoms with van der Waals surface area (Å²) >= 11 is 0. The number of nitrogens with zero attached hydrogens (tertiary/aromatic N) is 1. The number of nitrogens with one attached hydrogen (secondary N) is 3. The van der Waals surface area contributed by atoms with E-state index >= 15 is 0 Å². The Morgan fingerprint density at radius 1 is 1.14 bits per heavy atom. The molecule has 0 aliphatic carbocycles. The number of hydrogen-bond acceptors (Lipinski definition) is 3. The Kier molecular flexibility index (Phi) is 11.1. The quantitative estimate of drug-likeness (QED) is 0.286. The lowest BCUT2D eigenvalue weighted by Gasteiger charge is -2.18. The summed E-state index contributed by atoms with van der Waals surface area (Å²) in [6.07, 6.45) is 2.03. The van der Waals surface area contributed by atoms with Crippen molar-refractivity contribution in [1.29, 1.82) is 0 Å². The molecule has 3 N–H and O–H groups in total. The molecule has 1 amide bonds. The standard InChI is InChI=1S/C22H30N4O2.HI/c1-16(10-11-18-8-6-5-7-9-18)25-22(23-3)24-15-19-12-13-21(28-4)20(14-19)26-17(2)27;/h5-9,12-14,16H,10-11,15H2,1-4H3,(H,26,27)(H2,23,24,25);1H. The molecule has 0 saturated heterocycles. The van der Waals surface area contributed by atoms with Crippen LogP contribution in [0.2, 0.25) is 0 Å². The Morgan fingerprint density at radius 2 is 1.86 bits per heavy atom. The number of carbonyl (C=O) groups is 1. The number of hydrogen-bond donors (Lipinski definition) is 3. The molecule has 6 nitrogen and oxygen atoms in total. The number of aliphatic imine (C=N–C) groups is 1. The maximum atomic E-state index is 11.4. The van der Waals surface area contributed by atoms with Gasteiger partial charge in [-0.2, -0.15) is 0 Å². The molecule has 29 heavy (non-hydrogen) atoms. The number of halogens is 1. The van der Waals surface area contributed by atoms with Gasteiger partial charge in [0, 0.05) is 26.6 Å². The minimum atomic E-state index is -0.131. The molecule has 0 spiro atoms. The summed E-state index contributed by atoms with van der Waals surface area (Å²) in [5.74, 6) is 1.25. The lowest BCUT2D eigenvalue weighted by Crippen LogP contribution is -2.42. The van der Waals surface area contributed by atoms with Crippen molar-refractivity contribution in [3.05, 3.63) is 59.7 Å². The van der Waals surface area contributed by atoms with Crippen LogP contribution in [-0.4, -0.2) is 32.1 Å². The Morgan fingerprint density at radius 3 is 2.48 bits per heavy atom. The van der Waals surface area contributed by atoms with Crippen molar-refractivity contribution in [3.8, 4) is 5.75 Å². The number of methoxy groups -OCH3 is 1. The molecular weight excluding hydrogens is 479 g/mol. The van der Waals surface area contributed by atoms with Crippen LogP contribution >= 0.6 is 24.0 Å². The van der Waals surface area contributed by atoms with Gasteiger partial charge in [-0.3, -0.25) is 9.79 Å². The van der Waals surface area contributed by atoms with Gasteiger partial charge in [0.2, 0.25) is 5.91 Å². The first kappa shape index (κ1) is 24.7. The summed E-state index contributed by atoms with van der Waals surface area (Å²) in [7, 11) is 3.34. The van der Waals surface area contributed by atoms with E-state index in [9.17, 15) is 4.79 Å². The molecule has 0 heterocycles. The third-order valence-electron chi connectivity index (χ3n) is 4.35. The molecule has 158 valence electrons. The molecule has 2 rings (SSSR count). The second kappa shape index (κ2) is 13.0. The molecular formula is C22H31IN4O2. The van der Waals surface area contributed by atoms with Crippen LogP contribution in [0, 0.1) is 0 Å². The van der Waals surface area contributed by atoms with Crippen LogP contribution in [-0.2, 0) is 17.8 Å². The number of carbonyl (C=O) groups excluding carboxylic acids is 1. The van der Waals surface area contributed by atoms with Crippen LogP contribution in [0.3, 0.4) is 0 Å². The molecule has 1 atom stereocenters. The maximum Gasteiger partial charge on any atom is 0.221 e. The van der Waals surface area contributed by atoms with Crippen molar-refractivity contribution in [3.63, 3.8) is 0 Å². The number of benzene rings is 2. The van der Waals surface area contributed by atoms with Crippen LogP contribution in [0.5, 0.6) is 5.75 Å². The van der Waals surface area contributed by atoms with Crippen molar-refractivity contribution in [2.45, 2.75) is 39.3 Å². The highest BCUT2D eigenvalue weighted by molar-refractivity contribution is 14.0. The van der Waals surface area contributed by atoms with E-state index in [2.05, 4.69) is 52.1 Å². The number of guanidine groups is 1. The summed E-state index contributed by atoms with van der Waals surface area (Å²) < 4.78 is 5.29. The highest BCUT2D eigenvalue weighted by Gasteiger charge is 2.08. The molecule has 0 fully saturated rings. The number of amides is 1. The Hall–Kier alpha value is -2.29. The molecule has 0 aromatic heterocycles. The first-order valence-electron chi connectivity index (χ1n) is 9.47. The van der Waals surface area contributed by atoms with Gasteiger partial charge in [0.1, 0.15) is 5.75 Å². The Bertz CT molecular complexity index is 797. The highest BCUT2D eigenvalue weighted by atomic mass is 127. The summed E-state index contributed by atoms with van der Waals surface area (Å²) in [5, 5.41) is 9.53. The van der Waals surface area contributed by atoms with Crippen LogP contribution < -0.4 is 20.7 Å². The fraction of sp³-hybridized carbons (Fsp3) is 0.364. The fourth-order valence-corrected chi connectivity index (χ4v) is 2.87. The predicted octanol–water partition coefficient (Wildman–Crippen LogP) is 3.96. The lowest BCUT2D eigenvalue weighted by molar-refractivity contribution is -0.114. The van der Waals surface area contributed by atoms with E-state index in [-0.39, 0.29) is 35.9 Å². The molecule has 2 aromatic rings. The van der Waals surface area contributed by atoms with Crippen LogP contribution in [0.25, 0.3) is 0 Å². The van der Waals surface area contributed by atoms with Gasteiger partial charge in [-0.25, -0.2) is 0 Å². The molecule has 0 aliphatic rings. The normalized spacial score (nSPS) is 11.8. The minimum Gasteiger partial charge on any atom is -0.495 e. The second-order valence-electron chi connectivity index (χ2n) is 6.71. The Labute approximate surface area is 190 Å². The van der Waals surface area contributed by atoms with Crippen LogP contribution in [0.4, 0.5) is 5.69 Å². The number of ether oxygens (including phenoxy) is 1. The summed E-state index contributed by atoms with van der Waals surface area (Å²) in [4.78, 5) is 15.7. The van der Waals surface area contributed by atoms with E-state index in [1.54, 1.807) is 14.2 Å². The van der Waals surface area contributed by atoms with Crippen LogP contribution in [0.15, 0.2) is 53.5 Å². The summed E-state index contributed by atoms with van der Waals surface area (Å²) in [5.41, 5.74) is 3.01. The van der Waals surface area contributed by atoms with Gasteiger partial charge in [-0.05, 0) is 43.0 Å². The van der Waals surface area contributed by atoms with Crippen LogP contribution in [0.1, 0.15) is 31.4 Å². The zero-order valence-electron chi connectivity index (χ0n) is 17.5. The van der Waals surface area contributed by atoms with Gasteiger partial charge in [0.15, 0.2) is 5.96 Å². The van der Waals surface area contributed by atoms with Gasteiger partial charge in [-0.1, -0.05) is 36.4 Å². The van der Waals surface area contributed by atoms with E-state index in [1.165, 1.54) is 12.5 Å². The second-order valence-corrected chi connectivity index (χ2v) is 6.71. The monoisotopic (exact) mass is 510 g/mol. The van der Waals surface area contributed by atoms with Gasteiger partial charge in [0.25, 0.3) is 0 Å². The zero-order valence-corrected chi connectivity index (χ0v) is 19.8. The van der Waals surface area contributed by atoms with Gasteiger partial charge in [-0.15, -0.1) is 24.0 Å². The predicted molar refractivity (Wildman–Crippen MR) is 130 cm³/mol.